The van der Waals surface area contributed by atoms with E-state index in [0.717, 1.165) is 5.69 Å². The molecule has 1 spiro atoms. The first kappa shape index (κ1) is 31.0. The van der Waals surface area contributed by atoms with Crippen LogP contribution in [0.1, 0.15) is 56.6 Å². The molecule has 2 amide bonds. The Morgan fingerprint density at radius 2 is 1.65 bits per heavy atom. The number of benzene rings is 3. The zero-order chi connectivity index (χ0) is 32.1. The minimum absolute atomic E-state index is 0.0447. The second-order valence-electron chi connectivity index (χ2n) is 12.7. The molecule has 3 aliphatic heterocycles. The van der Waals surface area contributed by atoms with Crippen molar-refractivity contribution in [1.82, 2.24) is 14.5 Å². The van der Waals surface area contributed by atoms with Crippen molar-refractivity contribution in [3.63, 3.8) is 0 Å². The van der Waals surface area contributed by atoms with E-state index in [2.05, 4.69) is 10.2 Å². The zero-order valence-electron chi connectivity index (χ0n) is 25.3. The Hall–Kier alpha value is -3.67. The molecule has 12 heteroatoms. The molecule has 1 saturated carbocycles. The highest BCUT2D eigenvalue weighted by molar-refractivity contribution is 7.89. The van der Waals surface area contributed by atoms with Gasteiger partial charge in [-0.2, -0.15) is 4.31 Å². The van der Waals surface area contributed by atoms with Crippen LogP contribution >= 0.6 is 11.6 Å². The van der Waals surface area contributed by atoms with Crippen molar-refractivity contribution in [3.05, 3.63) is 95.3 Å². The highest BCUT2D eigenvalue weighted by atomic mass is 35.5. The summed E-state index contributed by atoms with van der Waals surface area (Å²) in [6.07, 6.45) is 3.12. The van der Waals surface area contributed by atoms with Crippen LogP contribution in [0.4, 0.5) is 14.9 Å². The first-order chi connectivity index (χ1) is 22.1. The second kappa shape index (κ2) is 11.8. The van der Waals surface area contributed by atoms with Crippen LogP contribution in [0, 0.1) is 5.82 Å². The number of hydrogen-bond donors (Lipinski definition) is 1. The maximum Gasteiger partial charge on any atom is 0.410 e. The lowest BCUT2D eigenvalue weighted by Crippen LogP contribution is -2.58. The molecule has 242 valence electrons. The maximum atomic E-state index is 14.4. The Balaban J connectivity index is 1.13. The number of amides is 2. The molecule has 3 aromatic rings. The van der Waals surface area contributed by atoms with Gasteiger partial charge in [-0.3, -0.25) is 4.79 Å². The largest absolute Gasteiger partial charge is 0.441 e. The molecule has 1 aliphatic carbocycles. The van der Waals surface area contributed by atoms with Crippen LogP contribution in [0.5, 0.6) is 0 Å². The van der Waals surface area contributed by atoms with E-state index in [0.29, 0.717) is 75.3 Å². The summed E-state index contributed by atoms with van der Waals surface area (Å²) >= 11 is 6.08. The van der Waals surface area contributed by atoms with Crippen LogP contribution in [-0.2, 0) is 19.6 Å². The maximum absolute atomic E-state index is 14.4. The Labute approximate surface area is 273 Å². The molecule has 4 fully saturated rings. The number of carbonyl (C=O) groups is 2. The van der Waals surface area contributed by atoms with Gasteiger partial charge in [0, 0.05) is 23.8 Å². The standard InChI is InChI=1S/C34H36ClFN4O5S/c35-25-12-14-28(15-13-25)46(43,44)40-29(24-6-4-7-26(36)22-24)10-5-11-30(40)34(16-17-34)45-32(42)38-20-18-33(19-21-38)31(41)37-23-39(33)27-8-2-1-3-9-27/h1-4,6-9,12-15,22,29-30H,5,10-11,16-21,23H2,(H,37,41). The Morgan fingerprint density at radius 3 is 2.33 bits per heavy atom. The Morgan fingerprint density at radius 1 is 0.935 bits per heavy atom. The van der Waals surface area contributed by atoms with E-state index in [-0.39, 0.29) is 10.8 Å². The lowest BCUT2D eigenvalue weighted by molar-refractivity contribution is -0.125. The van der Waals surface area contributed by atoms with Gasteiger partial charge >= 0.3 is 6.09 Å². The van der Waals surface area contributed by atoms with Gasteiger partial charge in [0.05, 0.1) is 23.6 Å². The Kier molecular flexibility index (Phi) is 7.97. The molecule has 9 nitrogen and oxygen atoms in total. The third-order valence-electron chi connectivity index (χ3n) is 10.1. The minimum atomic E-state index is -4.10. The van der Waals surface area contributed by atoms with Crippen LogP contribution in [0.15, 0.2) is 83.8 Å². The molecule has 3 aromatic carbocycles. The predicted octanol–water partition coefficient (Wildman–Crippen LogP) is 5.86. The van der Waals surface area contributed by atoms with Gasteiger partial charge in [-0.05, 0) is 99.0 Å². The lowest BCUT2D eigenvalue weighted by atomic mass is 9.86. The topological polar surface area (TPSA) is 99.3 Å². The average molecular weight is 667 g/mol. The number of sulfonamides is 1. The summed E-state index contributed by atoms with van der Waals surface area (Å²) in [6, 6.07) is 20.5. The van der Waals surface area contributed by atoms with Gasteiger partial charge in [-0.1, -0.05) is 41.9 Å². The van der Waals surface area contributed by atoms with Crippen molar-refractivity contribution in [2.75, 3.05) is 24.7 Å². The summed E-state index contributed by atoms with van der Waals surface area (Å²) in [6.45, 7) is 1.06. The fourth-order valence-electron chi connectivity index (χ4n) is 7.52. The normalized spacial score (nSPS) is 24.1. The molecule has 0 radical (unpaired) electrons. The smallest absolute Gasteiger partial charge is 0.410 e. The second-order valence-corrected chi connectivity index (χ2v) is 15.0. The van der Waals surface area contributed by atoms with E-state index in [1.165, 1.54) is 40.7 Å². The number of likely N-dealkylation sites (tertiary alicyclic amines) is 1. The van der Waals surface area contributed by atoms with Crippen molar-refractivity contribution in [2.45, 2.75) is 73.1 Å². The van der Waals surface area contributed by atoms with Crippen LogP contribution in [0.3, 0.4) is 0 Å². The van der Waals surface area contributed by atoms with E-state index in [9.17, 15) is 22.4 Å². The van der Waals surface area contributed by atoms with Crippen molar-refractivity contribution >= 4 is 39.3 Å². The molecule has 0 bridgehead atoms. The van der Waals surface area contributed by atoms with Gasteiger partial charge in [0.25, 0.3) is 0 Å². The van der Waals surface area contributed by atoms with Crippen LogP contribution in [0.2, 0.25) is 5.02 Å². The molecule has 4 aliphatic rings. The quantitative estimate of drug-likeness (QED) is 0.354. The number of anilines is 1. The number of nitrogens with one attached hydrogen (secondary N) is 1. The van der Waals surface area contributed by atoms with Crippen molar-refractivity contribution in [3.8, 4) is 0 Å². The van der Waals surface area contributed by atoms with E-state index < -0.39 is 45.2 Å². The zero-order valence-corrected chi connectivity index (χ0v) is 26.9. The number of piperidine rings is 2. The van der Waals surface area contributed by atoms with Crippen molar-refractivity contribution in [1.29, 1.82) is 0 Å². The van der Waals surface area contributed by atoms with Gasteiger partial charge in [0.1, 0.15) is 17.0 Å². The summed E-state index contributed by atoms with van der Waals surface area (Å²) in [4.78, 5) is 30.6. The van der Waals surface area contributed by atoms with E-state index in [1.54, 1.807) is 17.0 Å². The van der Waals surface area contributed by atoms with Crippen LogP contribution < -0.4 is 10.2 Å². The molecular weight excluding hydrogens is 631 g/mol. The highest BCUT2D eigenvalue weighted by Crippen LogP contribution is 2.53. The Bertz CT molecular complexity index is 1730. The monoisotopic (exact) mass is 666 g/mol. The lowest BCUT2D eigenvalue weighted by Gasteiger charge is -2.46. The molecule has 0 aromatic heterocycles. The third kappa shape index (κ3) is 5.42. The van der Waals surface area contributed by atoms with Gasteiger partial charge in [-0.15, -0.1) is 0 Å². The number of hydrogen-bond acceptors (Lipinski definition) is 6. The minimum Gasteiger partial charge on any atom is -0.441 e. The predicted molar refractivity (Wildman–Crippen MR) is 171 cm³/mol. The van der Waals surface area contributed by atoms with Crippen molar-refractivity contribution < 1.29 is 27.1 Å². The number of rotatable bonds is 6. The van der Waals surface area contributed by atoms with E-state index >= 15 is 0 Å². The number of halogens is 2. The van der Waals surface area contributed by atoms with Gasteiger partial charge in [0.15, 0.2) is 0 Å². The molecule has 2 atom stereocenters. The number of nitrogens with zero attached hydrogens (tertiary/aromatic N) is 3. The van der Waals surface area contributed by atoms with Gasteiger partial charge in [-0.25, -0.2) is 17.6 Å². The van der Waals surface area contributed by atoms with Crippen LogP contribution in [-0.4, -0.2) is 66.6 Å². The third-order valence-corrected chi connectivity index (χ3v) is 12.3. The van der Waals surface area contributed by atoms with Crippen LogP contribution in [0.25, 0.3) is 0 Å². The average Bonchev–Trinajstić information content (AvgIpc) is 3.78. The fourth-order valence-corrected chi connectivity index (χ4v) is 9.56. The molecule has 7 rings (SSSR count). The molecule has 3 heterocycles. The van der Waals surface area contributed by atoms with E-state index in [1.807, 2.05) is 30.3 Å². The van der Waals surface area contributed by atoms with Crippen molar-refractivity contribution in [2.24, 2.45) is 0 Å². The number of carbonyl (C=O) groups excluding carboxylic acids is 2. The summed E-state index contributed by atoms with van der Waals surface area (Å²) in [5.41, 5.74) is -0.247. The summed E-state index contributed by atoms with van der Waals surface area (Å²) < 4.78 is 50.9. The first-order valence-corrected chi connectivity index (χ1v) is 17.6. The summed E-state index contributed by atoms with van der Waals surface area (Å²) in [7, 11) is -4.10. The highest BCUT2D eigenvalue weighted by Gasteiger charge is 2.60. The van der Waals surface area contributed by atoms with E-state index in [4.69, 9.17) is 16.3 Å². The number of para-hydroxylation sites is 1. The molecular formula is C34H36ClFN4O5S. The fraction of sp³-hybridized carbons (Fsp3) is 0.412. The van der Waals surface area contributed by atoms with Gasteiger partial charge in [0.2, 0.25) is 15.9 Å². The summed E-state index contributed by atoms with van der Waals surface area (Å²) in [5.74, 6) is -0.489. The summed E-state index contributed by atoms with van der Waals surface area (Å²) in [5, 5.41) is 3.39. The molecule has 46 heavy (non-hydrogen) atoms. The first-order valence-electron chi connectivity index (χ1n) is 15.8. The number of ether oxygens (including phenoxy) is 1. The molecule has 3 saturated heterocycles. The molecule has 2 unspecified atom stereocenters. The molecule has 1 N–H and O–H groups in total. The SMILES string of the molecule is O=C(OC1(C2CCCC(c3cccc(F)c3)N2S(=O)(=O)c2ccc(Cl)cc2)CC1)N1CCC2(CC1)C(=O)NCN2c1ccccc1. The van der Waals surface area contributed by atoms with Gasteiger partial charge < -0.3 is 19.9 Å².